The molecule has 0 radical (unpaired) electrons. The number of amides is 1. The quantitative estimate of drug-likeness (QED) is 0.734. The standard InChI is InChI=1S/C17H17ClN2O4S/c1-23-13-10-11(2-3-12(13)24-9-7-19)6-8-20-17(22)16(21)14-4-5-15(18)25-14/h2-5,10,16,21H,6,8-9H2,1H3,(H,20,22). The Hall–Kier alpha value is -2.27. The van der Waals surface area contributed by atoms with Gasteiger partial charge in [-0.2, -0.15) is 5.26 Å². The van der Waals surface area contributed by atoms with Crippen LogP contribution in [0.5, 0.6) is 11.5 Å². The summed E-state index contributed by atoms with van der Waals surface area (Å²) < 4.78 is 11.0. The van der Waals surface area contributed by atoms with Crippen LogP contribution in [0.3, 0.4) is 0 Å². The maximum Gasteiger partial charge on any atom is 0.254 e. The third-order valence-corrected chi connectivity index (χ3v) is 4.63. The minimum Gasteiger partial charge on any atom is -0.493 e. The van der Waals surface area contributed by atoms with E-state index in [-0.39, 0.29) is 6.61 Å². The highest BCUT2D eigenvalue weighted by atomic mass is 35.5. The molecular formula is C17H17ClN2O4S. The van der Waals surface area contributed by atoms with Crippen LogP contribution in [-0.2, 0) is 11.2 Å². The monoisotopic (exact) mass is 380 g/mol. The van der Waals surface area contributed by atoms with Crippen LogP contribution < -0.4 is 14.8 Å². The van der Waals surface area contributed by atoms with Crippen molar-refractivity contribution in [2.24, 2.45) is 0 Å². The highest BCUT2D eigenvalue weighted by molar-refractivity contribution is 7.16. The Kier molecular flexibility index (Phi) is 7.07. The van der Waals surface area contributed by atoms with E-state index in [9.17, 15) is 9.90 Å². The van der Waals surface area contributed by atoms with Crippen LogP contribution in [0, 0.1) is 11.3 Å². The van der Waals surface area contributed by atoms with Gasteiger partial charge in [-0.1, -0.05) is 17.7 Å². The Morgan fingerprint density at radius 2 is 2.20 bits per heavy atom. The predicted molar refractivity (Wildman–Crippen MR) is 95.1 cm³/mol. The zero-order chi connectivity index (χ0) is 18.2. The summed E-state index contributed by atoms with van der Waals surface area (Å²) in [6.07, 6.45) is -0.674. The normalized spacial score (nSPS) is 11.4. The smallest absolute Gasteiger partial charge is 0.254 e. The highest BCUT2D eigenvalue weighted by Gasteiger charge is 2.18. The van der Waals surface area contributed by atoms with E-state index in [0.717, 1.165) is 5.56 Å². The van der Waals surface area contributed by atoms with Crippen LogP contribution in [-0.4, -0.2) is 31.3 Å². The van der Waals surface area contributed by atoms with Gasteiger partial charge in [-0.3, -0.25) is 4.79 Å². The van der Waals surface area contributed by atoms with Crippen LogP contribution in [0.2, 0.25) is 4.34 Å². The third-order valence-electron chi connectivity index (χ3n) is 3.35. The number of methoxy groups -OCH3 is 1. The molecule has 1 amide bonds. The average molecular weight is 381 g/mol. The number of hydrogen-bond donors (Lipinski definition) is 2. The average Bonchev–Trinajstić information content (AvgIpc) is 3.05. The summed E-state index contributed by atoms with van der Waals surface area (Å²) in [6, 6.07) is 10.5. The second-order valence-electron chi connectivity index (χ2n) is 5.02. The summed E-state index contributed by atoms with van der Waals surface area (Å²) in [4.78, 5) is 12.5. The van der Waals surface area contributed by atoms with E-state index < -0.39 is 12.0 Å². The van der Waals surface area contributed by atoms with Gasteiger partial charge < -0.3 is 19.9 Å². The molecule has 2 aromatic rings. The second-order valence-corrected chi connectivity index (χ2v) is 6.76. The van der Waals surface area contributed by atoms with Crippen LogP contribution in [0.25, 0.3) is 0 Å². The van der Waals surface area contributed by atoms with Crippen molar-refractivity contribution in [2.75, 3.05) is 20.3 Å². The first-order chi connectivity index (χ1) is 12.0. The fraction of sp³-hybridized carbons (Fsp3) is 0.294. The molecule has 0 aliphatic heterocycles. The van der Waals surface area contributed by atoms with E-state index in [2.05, 4.69) is 5.32 Å². The molecule has 0 fully saturated rings. The number of aliphatic hydroxyl groups excluding tert-OH is 1. The van der Waals surface area contributed by atoms with Gasteiger partial charge in [-0.25, -0.2) is 0 Å². The maximum absolute atomic E-state index is 12.0. The van der Waals surface area contributed by atoms with Gasteiger partial charge in [-0.15, -0.1) is 11.3 Å². The van der Waals surface area contributed by atoms with Gasteiger partial charge in [0.2, 0.25) is 0 Å². The van der Waals surface area contributed by atoms with Gasteiger partial charge in [-0.05, 0) is 36.2 Å². The Morgan fingerprint density at radius 1 is 1.40 bits per heavy atom. The SMILES string of the molecule is COc1cc(CCNC(=O)C(O)c2ccc(Cl)s2)ccc1OCC#N. The van der Waals surface area contributed by atoms with Crippen molar-refractivity contribution in [1.82, 2.24) is 5.32 Å². The van der Waals surface area contributed by atoms with Crippen molar-refractivity contribution in [2.45, 2.75) is 12.5 Å². The lowest BCUT2D eigenvalue weighted by atomic mass is 10.1. The lowest BCUT2D eigenvalue weighted by molar-refractivity contribution is -0.129. The van der Waals surface area contributed by atoms with Crippen molar-refractivity contribution in [3.63, 3.8) is 0 Å². The molecule has 0 bridgehead atoms. The molecule has 1 aromatic heterocycles. The van der Waals surface area contributed by atoms with E-state index >= 15 is 0 Å². The topological polar surface area (TPSA) is 91.6 Å². The molecule has 6 nitrogen and oxygen atoms in total. The van der Waals surface area contributed by atoms with Gasteiger partial charge in [0.25, 0.3) is 5.91 Å². The highest BCUT2D eigenvalue weighted by Crippen LogP contribution is 2.28. The van der Waals surface area contributed by atoms with Gasteiger partial charge >= 0.3 is 0 Å². The van der Waals surface area contributed by atoms with Crippen molar-refractivity contribution >= 4 is 28.8 Å². The van der Waals surface area contributed by atoms with Crippen LogP contribution in [0.1, 0.15) is 16.5 Å². The first kappa shape index (κ1) is 19.1. The molecule has 0 aliphatic rings. The Labute approximate surface area is 154 Å². The first-order valence-electron chi connectivity index (χ1n) is 7.43. The lowest BCUT2D eigenvalue weighted by Crippen LogP contribution is -2.30. The van der Waals surface area contributed by atoms with Crippen LogP contribution in [0.4, 0.5) is 0 Å². The molecule has 8 heteroatoms. The summed E-state index contributed by atoms with van der Waals surface area (Å²) in [5, 5.41) is 21.2. The van der Waals surface area contributed by atoms with Crippen molar-refractivity contribution in [3.05, 3.63) is 45.1 Å². The van der Waals surface area contributed by atoms with Gasteiger partial charge in [0, 0.05) is 11.4 Å². The van der Waals surface area contributed by atoms with Gasteiger partial charge in [0.15, 0.2) is 24.2 Å². The van der Waals surface area contributed by atoms with E-state index in [4.69, 9.17) is 26.3 Å². The lowest BCUT2D eigenvalue weighted by Gasteiger charge is -2.12. The minimum absolute atomic E-state index is 0.0591. The molecule has 132 valence electrons. The summed E-state index contributed by atoms with van der Waals surface area (Å²) in [5.74, 6) is 0.536. The second kappa shape index (κ2) is 9.28. The Balaban J connectivity index is 1.88. The van der Waals surface area contributed by atoms with Crippen molar-refractivity contribution in [1.29, 1.82) is 5.26 Å². The molecular weight excluding hydrogens is 364 g/mol. The fourth-order valence-corrected chi connectivity index (χ4v) is 3.17. The van der Waals surface area contributed by atoms with Gasteiger partial charge in [0.05, 0.1) is 11.4 Å². The van der Waals surface area contributed by atoms with Crippen molar-refractivity contribution in [3.8, 4) is 17.6 Å². The number of benzene rings is 1. The van der Waals surface area contributed by atoms with E-state index in [0.29, 0.717) is 33.7 Å². The van der Waals surface area contributed by atoms with E-state index in [1.54, 1.807) is 24.3 Å². The summed E-state index contributed by atoms with van der Waals surface area (Å²) in [5.41, 5.74) is 0.926. The molecule has 25 heavy (non-hydrogen) atoms. The molecule has 0 aliphatic carbocycles. The number of hydrogen-bond acceptors (Lipinski definition) is 6. The predicted octanol–water partition coefficient (Wildman–Crippen LogP) is 2.70. The summed E-state index contributed by atoms with van der Waals surface area (Å²) >= 11 is 6.97. The zero-order valence-corrected chi connectivity index (χ0v) is 15.1. The van der Waals surface area contributed by atoms with E-state index in [1.165, 1.54) is 18.4 Å². The molecule has 0 spiro atoms. The molecule has 1 aromatic carbocycles. The molecule has 2 N–H and O–H groups in total. The number of nitriles is 1. The Bertz CT molecular complexity index is 772. The minimum atomic E-state index is -1.23. The number of aliphatic hydroxyl groups is 1. The molecule has 1 unspecified atom stereocenters. The summed E-state index contributed by atoms with van der Waals surface area (Å²) in [7, 11) is 1.52. The van der Waals surface area contributed by atoms with Crippen LogP contribution >= 0.6 is 22.9 Å². The van der Waals surface area contributed by atoms with E-state index in [1.807, 2.05) is 12.1 Å². The molecule has 1 heterocycles. The number of rotatable bonds is 8. The third kappa shape index (κ3) is 5.36. The number of carbonyl (C=O) groups excluding carboxylic acids is 1. The maximum atomic E-state index is 12.0. The zero-order valence-electron chi connectivity index (χ0n) is 13.5. The van der Waals surface area contributed by atoms with Gasteiger partial charge in [0.1, 0.15) is 6.07 Å². The number of ether oxygens (including phenoxy) is 2. The summed E-state index contributed by atoms with van der Waals surface area (Å²) in [6.45, 7) is 0.299. The number of thiophene rings is 1. The molecule has 0 saturated heterocycles. The number of carbonyl (C=O) groups is 1. The Morgan fingerprint density at radius 3 is 2.84 bits per heavy atom. The fourth-order valence-electron chi connectivity index (χ4n) is 2.13. The first-order valence-corrected chi connectivity index (χ1v) is 8.62. The largest absolute Gasteiger partial charge is 0.493 e. The molecule has 0 saturated carbocycles. The number of nitrogens with zero attached hydrogens (tertiary/aromatic N) is 1. The van der Waals surface area contributed by atoms with Crippen LogP contribution in [0.15, 0.2) is 30.3 Å². The number of nitrogens with one attached hydrogen (secondary N) is 1. The molecule has 1 atom stereocenters. The van der Waals surface area contributed by atoms with Crippen molar-refractivity contribution < 1.29 is 19.4 Å². The number of halogens is 1. The molecule has 2 rings (SSSR count).